The summed E-state index contributed by atoms with van der Waals surface area (Å²) in [5, 5.41) is 2.44. The molecule has 2 nitrogen and oxygen atoms in total. The molecule has 0 unspecified atom stereocenters. The second kappa shape index (κ2) is 11.5. The maximum atomic E-state index is 4.43. The summed E-state index contributed by atoms with van der Waals surface area (Å²) in [7, 11) is 2.12. The lowest BCUT2D eigenvalue weighted by atomic mass is 10.1. The number of fused-ring (bicyclic) bond motifs is 2. The molecule has 0 radical (unpaired) electrons. The monoisotopic (exact) mass is 802 g/mol. The highest BCUT2D eigenvalue weighted by Crippen LogP contribution is 2.45. The molecule has 0 saturated heterocycles. The highest BCUT2D eigenvalue weighted by molar-refractivity contribution is 14.0. The number of nitrogens with zero attached hydrogens (tertiary/aromatic N) is 2. The largest absolute Gasteiger partial charge is 0.338 e. The van der Waals surface area contributed by atoms with Crippen LogP contribution in [0.2, 0.25) is 0 Å². The fourth-order valence-corrected chi connectivity index (χ4v) is 3.73. The Bertz CT molecular complexity index is 865. The predicted octanol–water partition coefficient (Wildman–Crippen LogP) is 7.25. The fourth-order valence-electron chi connectivity index (χ4n) is 2.62. The van der Waals surface area contributed by atoms with Crippen molar-refractivity contribution in [2.24, 2.45) is 0 Å². The van der Waals surface area contributed by atoms with Crippen molar-refractivity contribution in [3.63, 3.8) is 0 Å². The topological polar surface area (TPSA) is 16.1 Å². The summed E-state index contributed by atoms with van der Waals surface area (Å²) in [5.41, 5.74) is 3.52. The number of aromatic nitrogens is 1. The van der Waals surface area contributed by atoms with Crippen LogP contribution in [0.4, 0.5) is 5.69 Å². The average molecular weight is 802 g/mol. The van der Waals surface area contributed by atoms with Crippen molar-refractivity contribution in [3.8, 4) is 0 Å². The van der Waals surface area contributed by atoms with Crippen molar-refractivity contribution in [1.82, 2.24) is 4.98 Å². The van der Waals surface area contributed by atoms with E-state index >= 15 is 0 Å². The zero-order chi connectivity index (χ0) is 14.2. The quantitative estimate of drug-likeness (QED) is 0.242. The number of hydrogen-bond donors (Lipinski definition) is 0. The number of anilines is 1. The SMILES string of the molecule is CN1C(=Cc2ccnc3ccccc23)Sc2ccccc21.I.I.I.I. The van der Waals surface area contributed by atoms with E-state index in [4.69, 9.17) is 0 Å². The number of halogens is 4. The van der Waals surface area contributed by atoms with Gasteiger partial charge in [0.25, 0.3) is 0 Å². The molecule has 2 aromatic carbocycles. The molecule has 1 aliphatic rings. The van der Waals surface area contributed by atoms with Crippen molar-refractivity contribution in [1.29, 1.82) is 0 Å². The lowest BCUT2D eigenvalue weighted by Gasteiger charge is -2.13. The molecule has 0 amide bonds. The van der Waals surface area contributed by atoms with Crippen molar-refractivity contribution in [2.75, 3.05) is 11.9 Å². The van der Waals surface area contributed by atoms with Crippen LogP contribution in [0.25, 0.3) is 17.0 Å². The molecule has 0 fully saturated rings. The van der Waals surface area contributed by atoms with Gasteiger partial charge >= 0.3 is 0 Å². The summed E-state index contributed by atoms with van der Waals surface area (Å²) in [6, 6.07) is 18.8. The maximum absolute atomic E-state index is 4.43. The van der Waals surface area contributed by atoms with E-state index in [1.54, 1.807) is 0 Å². The second-order valence-corrected chi connectivity index (χ2v) is 6.09. The Hall–Kier alpha value is 0.660. The summed E-state index contributed by atoms with van der Waals surface area (Å²) in [4.78, 5) is 7.98. The van der Waals surface area contributed by atoms with Crippen LogP contribution in [-0.2, 0) is 0 Å². The number of thioether (sulfide) groups is 1. The van der Waals surface area contributed by atoms with Gasteiger partial charge in [-0.3, -0.25) is 4.98 Å². The number of para-hydroxylation sites is 2. The summed E-state index contributed by atoms with van der Waals surface area (Å²) in [6.07, 6.45) is 4.12. The van der Waals surface area contributed by atoms with Crippen molar-refractivity contribution in [3.05, 3.63) is 71.4 Å². The van der Waals surface area contributed by atoms with Crippen LogP contribution in [0.3, 0.4) is 0 Å². The highest BCUT2D eigenvalue weighted by Gasteiger charge is 2.21. The van der Waals surface area contributed by atoms with Gasteiger partial charge < -0.3 is 4.90 Å². The van der Waals surface area contributed by atoms with Crippen LogP contribution in [0.15, 0.2) is 70.7 Å². The van der Waals surface area contributed by atoms with Crippen LogP contribution in [-0.4, -0.2) is 12.0 Å². The molecule has 0 aliphatic carbocycles. The van der Waals surface area contributed by atoms with E-state index in [1.807, 2.05) is 24.0 Å². The van der Waals surface area contributed by atoms with Gasteiger partial charge in [0.05, 0.1) is 16.2 Å². The minimum absolute atomic E-state index is 0. The zero-order valence-electron chi connectivity index (χ0n) is 13.3. The van der Waals surface area contributed by atoms with Crippen LogP contribution < -0.4 is 4.90 Å². The third-order valence-corrected chi connectivity index (χ3v) is 4.90. The zero-order valence-corrected chi connectivity index (χ0v) is 23.4. The molecular weight excluding hydrogens is 784 g/mol. The predicted molar refractivity (Wildman–Crippen MR) is 152 cm³/mol. The van der Waals surface area contributed by atoms with Gasteiger partial charge in [-0.05, 0) is 35.9 Å². The standard InChI is InChI=1S/C18H14N2S.4HI/c1-20-16-8-4-5-9-17(16)21-18(20)12-13-10-11-19-15-7-3-2-6-14(13)15;;;;/h2-12H,1H3;4*1H. The van der Waals surface area contributed by atoms with Gasteiger partial charge in [0, 0.05) is 23.5 Å². The summed E-state index contributed by atoms with van der Waals surface area (Å²) >= 11 is 1.81. The Morgan fingerprint density at radius 2 is 1.56 bits per heavy atom. The molecule has 7 heteroatoms. The van der Waals surface area contributed by atoms with Gasteiger partial charge in [0.1, 0.15) is 0 Å². The Morgan fingerprint density at radius 3 is 2.32 bits per heavy atom. The van der Waals surface area contributed by atoms with Crippen LogP contribution in [0, 0.1) is 0 Å². The number of pyridine rings is 1. The molecule has 134 valence electrons. The Kier molecular flexibility index (Phi) is 11.8. The lowest BCUT2D eigenvalue weighted by molar-refractivity contribution is 1.18. The van der Waals surface area contributed by atoms with Gasteiger partial charge in [-0.2, -0.15) is 0 Å². The smallest absolute Gasteiger partial charge is 0.0805 e. The van der Waals surface area contributed by atoms with Crippen LogP contribution >= 0.6 is 108 Å². The summed E-state index contributed by atoms with van der Waals surface area (Å²) < 4.78 is 0. The van der Waals surface area contributed by atoms with E-state index < -0.39 is 0 Å². The van der Waals surface area contributed by atoms with E-state index in [9.17, 15) is 0 Å². The fraction of sp³-hybridized carbons (Fsp3) is 0.0556. The Labute approximate surface area is 220 Å². The third kappa shape index (κ3) is 5.35. The maximum Gasteiger partial charge on any atom is 0.0805 e. The summed E-state index contributed by atoms with van der Waals surface area (Å²) in [5.74, 6) is 0. The lowest BCUT2D eigenvalue weighted by Crippen LogP contribution is -2.09. The van der Waals surface area contributed by atoms with Gasteiger partial charge in [-0.1, -0.05) is 42.1 Å². The van der Waals surface area contributed by atoms with Crippen molar-refractivity contribution in [2.45, 2.75) is 4.90 Å². The van der Waals surface area contributed by atoms with Crippen LogP contribution in [0.5, 0.6) is 0 Å². The number of hydrogen-bond acceptors (Lipinski definition) is 3. The second-order valence-electron chi connectivity index (χ2n) is 5.03. The first-order valence-corrected chi connectivity index (χ1v) is 7.71. The molecule has 0 N–H and O–H groups in total. The highest BCUT2D eigenvalue weighted by atomic mass is 127. The summed E-state index contributed by atoms with van der Waals surface area (Å²) in [6.45, 7) is 0. The van der Waals surface area contributed by atoms with Gasteiger partial charge in [-0.15, -0.1) is 95.9 Å². The van der Waals surface area contributed by atoms with E-state index in [0.29, 0.717) is 0 Å². The Balaban J connectivity index is 0.00000144. The van der Waals surface area contributed by atoms with E-state index in [0.717, 1.165) is 5.52 Å². The molecular formula is C18H18I4N2S. The average Bonchev–Trinajstić information content (AvgIpc) is 2.85. The first-order valence-electron chi connectivity index (χ1n) is 6.89. The molecule has 25 heavy (non-hydrogen) atoms. The molecule has 0 spiro atoms. The van der Waals surface area contributed by atoms with E-state index in [-0.39, 0.29) is 95.9 Å². The van der Waals surface area contributed by atoms with Crippen molar-refractivity contribution < 1.29 is 0 Å². The minimum Gasteiger partial charge on any atom is -0.338 e. The van der Waals surface area contributed by atoms with E-state index in [1.165, 1.54) is 26.6 Å². The molecule has 1 aliphatic heterocycles. The first kappa shape index (κ1) is 25.7. The van der Waals surface area contributed by atoms with Crippen LogP contribution in [0.1, 0.15) is 5.56 Å². The van der Waals surface area contributed by atoms with Gasteiger partial charge in [0.15, 0.2) is 0 Å². The number of rotatable bonds is 1. The molecule has 0 atom stereocenters. The molecule has 4 rings (SSSR count). The van der Waals surface area contributed by atoms with Gasteiger partial charge in [0.2, 0.25) is 0 Å². The van der Waals surface area contributed by atoms with Crippen molar-refractivity contribution >= 4 is 130 Å². The minimum atomic E-state index is 0. The Morgan fingerprint density at radius 1 is 0.880 bits per heavy atom. The van der Waals surface area contributed by atoms with E-state index in [2.05, 4.69) is 71.5 Å². The molecule has 0 saturated carbocycles. The molecule has 0 bridgehead atoms. The molecule has 1 aromatic heterocycles. The molecule has 2 heterocycles. The third-order valence-electron chi connectivity index (χ3n) is 3.73. The first-order chi connectivity index (χ1) is 10.3. The number of benzene rings is 2. The molecule has 3 aromatic rings. The van der Waals surface area contributed by atoms with Gasteiger partial charge in [-0.25, -0.2) is 0 Å². The normalized spacial score (nSPS) is 13.2.